The van der Waals surface area contributed by atoms with Gasteiger partial charge >= 0.3 is 6.18 Å². The Kier molecular flexibility index (Phi) is 7.67. The Bertz CT molecular complexity index is 1380. The summed E-state index contributed by atoms with van der Waals surface area (Å²) in [5, 5.41) is 0.481. The van der Waals surface area contributed by atoms with E-state index in [4.69, 9.17) is 9.47 Å². The number of hydrogen-bond donors (Lipinski definition) is 1. The summed E-state index contributed by atoms with van der Waals surface area (Å²) in [6.07, 6.45) is -1.78. The lowest BCUT2D eigenvalue weighted by Gasteiger charge is -2.15. The molecule has 1 aromatic heterocycles. The number of aromatic nitrogens is 1. The van der Waals surface area contributed by atoms with Crippen molar-refractivity contribution in [2.24, 2.45) is 0 Å². The maximum Gasteiger partial charge on any atom is 0.416 e. The van der Waals surface area contributed by atoms with Gasteiger partial charge in [-0.3, -0.25) is 4.79 Å². The summed E-state index contributed by atoms with van der Waals surface area (Å²) in [7, 11) is 0. The predicted octanol–water partition coefficient (Wildman–Crippen LogP) is 7.32. The first-order chi connectivity index (χ1) is 17.3. The highest BCUT2D eigenvalue weighted by molar-refractivity contribution is 5.86. The van der Waals surface area contributed by atoms with Gasteiger partial charge in [0.05, 0.1) is 11.1 Å². The molecule has 4 aromatic rings. The zero-order chi connectivity index (χ0) is 25.7. The number of halogens is 3. The third-order valence-electron chi connectivity index (χ3n) is 6.02. The Morgan fingerprint density at radius 3 is 2.28 bits per heavy atom. The molecule has 4 nitrogen and oxygen atoms in total. The molecule has 1 N–H and O–H groups in total. The molecule has 0 aliphatic carbocycles. The number of pyridine rings is 1. The van der Waals surface area contributed by atoms with Crippen LogP contribution in [0.15, 0.2) is 71.5 Å². The van der Waals surface area contributed by atoms with E-state index < -0.39 is 11.7 Å². The number of fused-ring (bicyclic) bond motifs is 1. The third-order valence-corrected chi connectivity index (χ3v) is 6.02. The summed E-state index contributed by atoms with van der Waals surface area (Å²) in [6, 6.07) is 17.8. The smallest absolute Gasteiger partial charge is 0.416 e. The van der Waals surface area contributed by atoms with Crippen LogP contribution in [-0.2, 0) is 12.6 Å². The van der Waals surface area contributed by atoms with Gasteiger partial charge in [-0.25, -0.2) is 0 Å². The number of aryl methyl sites for hydroxylation is 2. The summed E-state index contributed by atoms with van der Waals surface area (Å²) >= 11 is 0. The van der Waals surface area contributed by atoms with Crippen molar-refractivity contribution < 1.29 is 22.6 Å². The minimum absolute atomic E-state index is 0.224. The Hall–Kier alpha value is -3.74. The molecule has 0 unspecified atom stereocenters. The van der Waals surface area contributed by atoms with Gasteiger partial charge in [0, 0.05) is 22.7 Å². The zero-order valence-corrected chi connectivity index (χ0v) is 20.2. The van der Waals surface area contributed by atoms with Crippen LogP contribution in [0.3, 0.4) is 0 Å². The van der Waals surface area contributed by atoms with Crippen molar-refractivity contribution in [2.45, 2.75) is 39.3 Å². The lowest BCUT2D eigenvalue weighted by molar-refractivity contribution is -0.137. The lowest BCUT2D eigenvalue weighted by atomic mass is 9.98. The maximum absolute atomic E-state index is 13.5. The topological polar surface area (TPSA) is 51.3 Å². The lowest BCUT2D eigenvalue weighted by Crippen LogP contribution is -2.13. The number of H-pyrrole nitrogens is 1. The second kappa shape index (κ2) is 10.9. The van der Waals surface area contributed by atoms with Crippen molar-refractivity contribution in [3.63, 3.8) is 0 Å². The van der Waals surface area contributed by atoms with E-state index in [2.05, 4.69) is 11.9 Å². The molecule has 4 rings (SSSR count). The number of aromatic amines is 1. The van der Waals surface area contributed by atoms with E-state index in [1.807, 2.05) is 42.5 Å². The fourth-order valence-corrected chi connectivity index (χ4v) is 4.18. The van der Waals surface area contributed by atoms with Gasteiger partial charge in [0.1, 0.15) is 24.7 Å². The fourth-order valence-electron chi connectivity index (χ4n) is 4.18. The fraction of sp³-hybridized carbons (Fsp3) is 0.276. The number of para-hydroxylation sites is 1. The second-order valence-corrected chi connectivity index (χ2v) is 8.65. The zero-order valence-electron chi connectivity index (χ0n) is 20.2. The van der Waals surface area contributed by atoms with Crippen molar-refractivity contribution >= 4 is 10.9 Å². The molecule has 0 radical (unpaired) electrons. The summed E-state index contributed by atoms with van der Waals surface area (Å²) in [5.41, 5.74) is 1.94. The van der Waals surface area contributed by atoms with Crippen LogP contribution in [-0.4, -0.2) is 18.2 Å². The highest BCUT2D eigenvalue weighted by Gasteiger charge is 2.30. The molecule has 0 spiro atoms. The van der Waals surface area contributed by atoms with Crippen LogP contribution in [0.4, 0.5) is 13.2 Å². The van der Waals surface area contributed by atoms with Crippen LogP contribution in [0.1, 0.15) is 36.6 Å². The normalized spacial score (nSPS) is 11.6. The highest BCUT2D eigenvalue weighted by atomic mass is 19.4. The van der Waals surface area contributed by atoms with Gasteiger partial charge in [0.2, 0.25) is 0 Å². The monoisotopic (exact) mass is 495 g/mol. The number of unbranched alkanes of at least 4 members (excludes halogenated alkanes) is 1. The Morgan fingerprint density at radius 1 is 0.917 bits per heavy atom. The molecule has 0 saturated heterocycles. The number of nitrogens with one attached hydrogen (secondary N) is 1. The van der Waals surface area contributed by atoms with E-state index in [1.54, 1.807) is 6.92 Å². The second-order valence-electron chi connectivity index (χ2n) is 8.65. The number of alkyl halides is 3. The molecule has 36 heavy (non-hydrogen) atoms. The molecular formula is C29H28F3NO3. The molecule has 7 heteroatoms. The summed E-state index contributed by atoms with van der Waals surface area (Å²) in [6.45, 7) is 4.55. The minimum atomic E-state index is -4.43. The van der Waals surface area contributed by atoms with E-state index in [-0.39, 0.29) is 5.43 Å². The third kappa shape index (κ3) is 5.73. The first-order valence-electron chi connectivity index (χ1n) is 12.0. The summed E-state index contributed by atoms with van der Waals surface area (Å²) in [4.78, 5) is 16.7. The molecule has 0 aliphatic rings. The van der Waals surface area contributed by atoms with Gasteiger partial charge in [-0.05, 0) is 61.2 Å². The average molecular weight is 496 g/mol. The minimum Gasteiger partial charge on any atom is -0.490 e. The Balaban J connectivity index is 1.65. The standard InChI is InChI=1S/C29H28F3NO3/c1-3-4-8-21-17-24-25(18-26(21)36-16-15-35-23-9-6-5-7-10-23)33-19(2)27(28(24)34)20-11-13-22(14-12-20)29(30,31)32/h5-7,9-14,17-18H,3-4,8,15-16H2,1-2H3,(H,33,34). The highest BCUT2D eigenvalue weighted by Crippen LogP contribution is 2.32. The summed E-state index contributed by atoms with van der Waals surface area (Å²) in [5.74, 6) is 1.45. The van der Waals surface area contributed by atoms with E-state index in [0.29, 0.717) is 46.7 Å². The summed E-state index contributed by atoms with van der Waals surface area (Å²) < 4.78 is 50.7. The molecule has 0 aliphatic heterocycles. The van der Waals surface area contributed by atoms with Crippen LogP contribution < -0.4 is 14.9 Å². The molecule has 1 heterocycles. The quantitative estimate of drug-likeness (QED) is 0.248. The number of ether oxygens (including phenoxy) is 2. The van der Waals surface area contributed by atoms with Crippen LogP contribution in [0, 0.1) is 6.92 Å². The molecule has 0 bridgehead atoms. The predicted molar refractivity (Wildman–Crippen MR) is 136 cm³/mol. The van der Waals surface area contributed by atoms with Crippen molar-refractivity contribution in [1.29, 1.82) is 0 Å². The Morgan fingerprint density at radius 2 is 1.61 bits per heavy atom. The van der Waals surface area contributed by atoms with Crippen molar-refractivity contribution in [2.75, 3.05) is 13.2 Å². The van der Waals surface area contributed by atoms with E-state index >= 15 is 0 Å². The van der Waals surface area contributed by atoms with E-state index in [9.17, 15) is 18.0 Å². The first-order valence-corrected chi connectivity index (χ1v) is 12.0. The largest absolute Gasteiger partial charge is 0.490 e. The van der Waals surface area contributed by atoms with E-state index in [1.165, 1.54) is 12.1 Å². The SMILES string of the molecule is CCCCc1cc2c(=O)c(-c3ccc(C(F)(F)F)cc3)c(C)[nH]c2cc1OCCOc1ccccc1. The first kappa shape index (κ1) is 25.4. The average Bonchev–Trinajstić information content (AvgIpc) is 2.86. The van der Waals surface area contributed by atoms with Crippen LogP contribution >= 0.6 is 0 Å². The molecular weight excluding hydrogens is 467 g/mol. The molecule has 188 valence electrons. The van der Waals surface area contributed by atoms with Crippen molar-refractivity contribution in [3.8, 4) is 22.6 Å². The molecule has 0 fully saturated rings. The number of rotatable bonds is 9. The van der Waals surface area contributed by atoms with Gasteiger partial charge < -0.3 is 14.5 Å². The number of hydrogen-bond acceptors (Lipinski definition) is 3. The van der Waals surface area contributed by atoms with Gasteiger partial charge in [-0.15, -0.1) is 0 Å². The molecule has 0 atom stereocenters. The van der Waals surface area contributed by atoms with Crippen LogP contribution in [0.2, 0.25) is 0 Å². The van der Waals surface area contributed by atoms with Gasteiger partial charge in [-0.1, -0.05) is 43.7 Å². The van der Waals surface area contributed by atoms with Crippen LogP contribution in [0.25, 0.3) is 22.0 Å². The van der Waals surface area contributed by atoms with Gasteiger partial charge in [0.25, 0.3) is 0 Å². The Labute approximate surface area is 207 Å². The van der Waals surface area contributed by atoms with E-state index in [0.717, 1.165) is 42.7 Å². The van der Waals surface area contributed by atoms with Crippen LogP contribution in [0.5, 0.6) is 11.5 Å². The molecule has 0 saturated carbocycles. The van der Waals surface area contributed by atoms with Gasteiger partial charge in [0.15, 0.2) is 5.43 Å². The van der Waals surface area contributed by atoms with Gasteiger partial charge in [-0.2, -0.15) is 13.2 Å². The van der Waals surface area contributed by atoms with Crippen molar-refractivity contribution in [3.05, 3.63) is 93.8 Å². The number of benzene rings is 3. The maximum atomic E-state index is 13.5. The molecule has 3 aromatic carbocycles. The molecule has 0 amide bonds. The van der Waals surface area contributed by atoms with Crippen molar-refractivity contribution in [1.82, 2.24) is 4.98 Å².